The first kappa shape index (κ1) is 12.9. The molecule has 2 heterocycles. The molecule has 2 aromatic heterocycles. The fourth-order valence-electron chi connectivity index (χ4n) is 2.13. The second-order valence-electron chi connectivity index (χ2n) is 4.61. The van der Waals surface area contributed by atoms with Crippen molar-refractivity contribution in [2.24, 2.45) is 0 Å². The van der Waals surface area contributed by atoms with Gasteiger partial charge in [-0.3, -0.25) is 5.10 Å². The van der Waals surface area contributed by atoms with Gasteiger partial charge in [-0.2, -0.15) is 15.5 Å². The first-order valence-electron chi connectivity index (χ1n) is 6.57. The second-order valence-corrected chi connectivity index (χ2v) is 4.61. The van der Waals surface area contributed by atoms with Crippen LogP contribution in [-0.4, -0.2) is 20.0 Å². The van der Waals surface area contributed by atoms with Crippen molar-refractivity contribution in [3.8, 4) is 11.8 Å². The van der Waals surface area contributed by atoms with Crippen LogP contribution in [-0.2, 0) is 6.54 Å². The Hall–Kier alpha value is -3.07. The van der Waals surface area contributed by atoms with Crippen LogP contribution in [0.4, 0.5) is 5.82 Å². The molecule has 0 saturated carbocycles. The molecule has 0 atom stereocenters. The third-order valence-electron chi connectivity index (χ3n) is 3.22. The van der Waals surface area contributed by atoms with E-state index in [2.05, 4.69) is 26.7 Å². The van der Waals surface area contributed by atoms with Crippen molar-refractivity contribution >= 4 is 5.82 Å². The van der Waals surface area contributed by atoms with Gasteiger partial charge in [0.25, 0.3) is 0 Å². The molecule has 104 valence electrons. The van der Waals surface area contributed by atoms with Crippen LogP contribution in [0.2, 0.25) is 0 Å². The van der Waals surface area contributed by atoms with Crippen molar-refractivity contribution in [1.29, 1.82) is 5.26 Å². The Bertz CT molecular complexity index is 778. The first-order valence-corrected chi connectivity index (χ1v) is 6.57. The summed E-state index contributed by atoms with van der Waals surface area (Å²) in [5, 5.41) is 23.5. The van der Waals surface area contributed by atoms with Gasteiger partial charge in [-0.15, -0.1) is 0 Å². The van der Waals surface area contributed by atoms with E-state index in [9.17, 15) is 0 Å². The molecule has 0 radical (unpaired) electrons. The molecule has 2 N–H and O–H groups in total. The Morgan fingerprint density at radius 3 is 2.86 bits per heavy atom. The van der Waals surface area contributed by atoms with Gasteiger partial charge in [0.2, 0.25) is 0 Å². The van der Waals surface area contributed by atoms with Gasteiger partial charge < -0.3 is 5.32 Å². The zero-order chi connectivity index (χ0) is 14.7. The Kier molecular flexibility index (Phi) is 3.39. The first-order chi connectivity index (χ1) is 10.3. The normalized spacial score (nSPS) is 10.3. The van der Waals surface area contributed by atoms with E-state index in [-0.39, 0.29) is 0 Å². The summed E-state index contributed by atoms with van der Waals surface area (Å²) < 4.78 is 1.86. The van der Waals surface area contributed by atoms with E-state index in [0.29, 0.717) is 17.9 Å². The maximum absolute atomic E-state index is 9.11. The van der Waals surface area contributed by atoms with E-state index in [1.807, 2.05) is 48.0 Å². The van der Waals surface area contributed by atoms with Crippen LogP contribution in [0.5, 0.6) is 0 Å². The minimum absolute atomic E-state index is 0.536. The van der Waals surface area contributed by atoms with E-state index in [4.69, 9.17) is 5.26 Å². The van der Waals surface area contributed by atoms with Gasteiger partial charge >= 0.3 is 0 Å². The molecular formula is C15H14N6. The van der Waals surface area contributed by atoms with Gasteiger partial charge in [0.15, 0.2) is 5.82 Å². The SMILES string of the molecule is Cc1[nH]nc(NCc2ccnn2-c2ccccc2)c1C#N. The predicted octanol–water partition coefficient (Wildman–Crippen LogP) is 2.39. The van der Waals surface area contributed by atoms with E-state index in [1.54, 1.807) is 6.20 Å². The smallest absolute Gasteiger partial charge is 0.166 e. The van der Waals surface area contributed by atoms with Crippen LogP contribution in [0.15, 0.2) is 42.6 Å². The van der Waals surface area contributed by atoms with Crippen molar-refractivity contribution in [1.82, 2.24) is 20.0 Å². The highest BCUT2D eigenvalue weighted by Crippen LogP contribution is 2.16. The van der Waals surface area contributed by atoms with Crippen LogP contribution >= 0.6 is 0 Å². The number of rotatable bonds is 4. The summed E-state index contributed by atoms with van der Waals surface area (Å²) in [6, 6.07) is 14.0. The van der Waals surface area contributed by atoms with E-state index >= 15 is 0 Å². The number of aryl methyl sites for hydroxylation is 1. The molecular weight excluding hydrogens is 264 g/mol. The number of H-pyrrole nitrogens is 1. The van der Waals surface area contributed by atoms with E-state index < -0.39 is 0 Å². The lowest BCUT2D eigenvalue weighted by Crippen LogP contribution is -2.08. The van der Waals surface area contributed by atoms with Gasteiger partial charge in [-0.1, -0.05) is 18.2 Å². The summed E-state index contributed by atoms with van der Waals surface area (Å²) in [6.45, 7) is 2.36. The number of aromatic amines is 1. The molecule has 3 rings (SSSR count). The summed E-state index contributed by atoms with van der Waals surface area (Å²) in [6.07, 6.45) is 1.75. The van der Waals surface area contributed by atoms with Gasteiger partial charge in [0, 0.05) is 6.20 Å². The molecule has 0 saturated heterocycles. The molecule has 1 aromatic carbocycles. The van der Waals surface area contributed by atoms with Gasteiger partial charge in [-0.05, 0) is 25.1 Å². The average Bonchev–Trinajstić information content (AvgIpc) is 3.12. The van der Waals surface area contributed by atoms with Crippen molar-refractivity contribution < 1.29 is 0 Å². The Morgan fingerprint density at radius 1 is 1.29 bits per heavy atom. The van der Waals surface area contributed by atoms with Crippen LogP contribution in [0.3, 0.4) is 0 Å². The lowest BCUT2D eigenvalue weighted by Gasteiger charge is -2.08. The number of para-hydroxylation sites is 1. The highest BCUT2D eigenvalue weighted by molar-refractivity contribution is 5.54. The lowest BCUT2D eigenvalue weighted by molar-refractivity contribution is 0.815. The molecule has 0 bridgehead atoms. The summed E-state index contributed by atoms with van der Waals surface area (Å²) in [5.41, 5.74) is 3.29. The number of hydrogen-bond donors (Lipinski definition) is 2. The maximum Gasteiger partial charge on any atom is 0.166 e. The largest absolute Gasteiger partial charge is 0.362 e. The van der Waals surface area contributed by atoms with Crippen LogP contribution in [0, 0.1) is 18.3 Å². The predicted molar refractivity (Wildman–Crippen MR) is 78.9 cm³/mol. The molecule has 3 aromatic rings. The molecule has 6 nitrogen and oxygen atoms in total. The molecule has 0 amide bonds. The van der Waals surface area contributed by atoms with E-state index in [1.165, 1.54) is 0 Å². The van der Waals surface area contributed by atoms with Gasteiger partial charge in [0.1, 0.15) is 11.6 Å². The minimum atomic E-state index is 0.536. The second kappa shape index (κ2) is 5.51. The minimum Gasteiger partial charge on any atom is -0.362 e. The monoisotopic (exact) mass is 278 g/mol. The molecule has 0 unspecified atom stereocenters. The number of benzene rings is 1. The number of anilines is 1. The Balaban J connectivity index is 1.81. The third kappa shape index (κ3) is 2.49. The van der Waals surface area contributed by atoms with Crippen molar-refractivity contribution in [2.75, 3.05) is 5.32 Å². The fraction of sp³-hybridized carbons (Fsp3) is 0.133. The van der Waals surface area contributed by atoms with Crippen molar-refractivity contribution in [3.63, 3.8) is 0 Å². The van der Waals surface area contributed by atoms with Gasteiger partial charge in [-0.25, -0.2) is 4.68 Å². The maximum atomic E-state index is 9.11. The third-order valence-corrected chi connectivity index (χ3v) is 3.22. The zero-order valence-electron chi connectivity index (χ0n) is 11.5. The number of nitrogens with zero attached hydrogens (tertiary/aromatic N) is 4. The summed E-state index contributed by atoms with van der Waals surface area (Å²) in [5.74, 6) is 0.566. The fourth-order valence-corrected chi connectivity index (χ4v) is 2.13. The number of nitriles is 1. The molecule has 21 heavy (non-hydrogen) atoms. The van der Waals surface area contributed by atoms with E-state index in [0.717, 1.165) is 17.1 Å². The molecule has 6 heteroatoms. The molecule has 0 fully saturated rings. The molecule has 0 aliphatic rings. The number of hydrogen-bond acceptors (Lipinski definition) is 4. The van der Waals surface area contributed by atoms with Crippen LogP contribution < -0.4 is 5.32 Å². The van der Waals surface area contributed by atoms with Crippen LogP contribution in [0.25, 0.3) is 5.69 Å². The molecule has 0 aliphatic heterocycles. The topological polar surface area (TPSA) is 82.3 Å². The quantitative estimate of drug-likeness (QED) is 0.767. The highest BCUT2D eigenvalue weighted by atomic mass is 15.3. The molecule has 0 spiro atoms. The Labute approximate surface area is 122 Å². The van der Waals surface area contributed by atoms with Crippen molar-refractivity contribution in [3.05, 3.63) is 59.5 Å². The average molecular weight is 278 g/mol. The highest BCUT2D eigenvalue weighted by Gasteiger charge is 2.10. The summed E-state index contributed by atoms with van der Waals surface area (Å²) in [4.78, 5) is 0. The lowest BCUT2D eigenvalue weighted by atomic mass is 10.2. The number of aromatic nitrogens is 4. The van der Waals surface area contributed by atoms with Crippen molar-refractivity contribution in [2.45, 2.75) is 13.5 Å². The van der Waals surface area contributed by atoms with Crippen LogP contribution in [0.1, 0.15) is 17.0 Å². The Morgan fingerprint density at radius 2 is 2.10 bits per heavy atom. The number of nitrogens with one attached hydrogen (secondary N) is 2. The molecule has 0 aliphatic carbocycles. The summed E-state index contributed by atoms with van der Waals surface area (Å²) >= 11 is 0. The summed E-state index contributed by atoms with van der Waals surface area (Å²) in [7, 11) is 0. The zero-order valence-corrected chi connectivity index (χ0v) is 11.5. The van der Waals surface area contributed by atoms with Gasteiger partial charge in [0.05, 0.1) is 23.6 Å². The standard InChI is InChI=1S/C15H14N6/c1-11-14(9-16)15(20-19-11)17-10-13-7-8-18-21(13)12-5-3-2-4-6-12/h2-8H,10H2,1H3,(H2,17,19,20).